The highest BCUT2D eigenvalue weighted by Crippen LogP contribution is 2.48. The number of benzene rings is 21. The summed E-state index contributed by atoms with van der Waals surface area (Å²) in [5.74, 6) is 2.73. The first-order valence-corrected chi connectivity index (χ1v) is 49.1. The van der Waals surface area contributed by atoms with Gasteiger partial charge in [-0.15, -0.1) is 0 Å². The molecule has 10 aromatic heterocycles. The molecule has 144 heavy (non-hydrogen) atoms. The molecule has 0 aliphatic carbocycles. The van der Waals surface area contributed by atoms with Crippen LogP contribution in [0.1, 0.15) is 0 Å². The summed E-state index contributed by atoms with van der Waals surface area (Å²) < 4.78 is 14.3. The lowest BCUT2D eigenvalue weighted by atomic mass is 9.97. The highest BCUT2D eigenvalue weighted by atomic mass is 15.1. The number of nitrogens with zero attached hydrogens (tertiary/aromatic N) is 10. The largest absolute Gasteiger partial charge is 0.309 e. The average Bonchev–Trinajstić information content (AvgIpc) is 1.56. The fraction of sp³-hybridized carbons (Fsp3) is 0. The van der Waals surface area contributed by atoms with Gasteiger partial charge in [-0.3, -0.25) is 18.7 Å². The van der Waals surface area contributed by atoms with E-state index < -0.39 is 0 Å². The Morgan fingerprint density at radius 2 is 0.521 bits per heavy atom. The van der Waals surface area contributed by atoms with Crippen molar-refractivity contribution in [2.75, 3.05) is 0 Å². The maximum absolute atomic E-state index is 5.43. The Morgan fingerprint density at radius 1 is 0.153 bits per heavy atom. The maximum Gasteiger partial charge on any atom is 0.138 e. The van der Waals surface area contributed by atoms with E-state index in [4.69, 9.17) is 15.0 Å². The minimum Gasteiger partial charge on any atom is -0.309 e. The predicted molar refractivity (Wildman–Crippen MR) is 603 cm³/mol. The Hall–Kier alpha value is -19.4. The van der Waals surface area contributed by atoms with Gasteiger partial charge in [0.15, 0.2) is 0 Å². The van der Waals surface area contributed by atoms with Gasteiger partial charge in [-0.1, -0.05) is 346 Å². The molecule has 0 amide bonds. The normalized spacial score (nSPS) is 11.9. The summed E-state index contributed by atoms with van der Waals surface area (Å²) in [6.07, 6.45) is 3.91. The van der Waals surface area contributed by atoms with Gasteiger partial charge in [0.25, 0.3) is 0 Å². The van der Waals surface area contributed by atoms with Crippen molar-refractivity contribution in [2.24, 2.45) is 0 Å². The van der Waals surface area contributed by atoms with Crippen molar-refractivity contribution in [1.29, 1.82) is 0 Å². The van der Waals surface area contributed by atoms with E-state index in [2.05, 4.69) is 524 Å². The minimum atomic E-state index is 0.906. The maximum atomic E-state index is 5.43. The molecule has 0 fully saturated rings. The zero-order valence-electron chi connectivity index (χ0n) is 78.0. The molecule has 0 N–H and O–H groups in total. The zero-order valence-corrected chi connectivity index (χ0v) is 78.0. The number of rotatable bonds is 10. The number of fused-ring (bicyclic) bond motifs is 24. The Bertz CT molecular complexity index is 10500. The molecular weight excluding hydrogens is 1750 g/mol. The van der Waals surface area contributed by atoms with Crippen LogP contribution in [0, 0.1) is 0 Å². The van der Waals surface area contributed by atoms with Crippen LogP contribution in [-0.2, 0) is 0 Å². The number of aromatic nitrogens is 10. The van der Waals surface area contributed by atoms with Crippen LogP contribution in [0.3, 0.4) is 0 Å². The SMILES string of the molecule is c1ccc(-c2cc(-n3c4ccccc4c4cc5c(cc43)c3ccccc3n5-c3cc4ccccc4c(-c4ccccc4)n3)cc3ccccc23)cc1.c1ccc(-c2ccc(-n3c4ccccc4c4cc5c(cc43)c3ccccc3n5-c3ccc4ccccc4c3)c3ccncc23)cc1.c1ccc(-c2cccc3nc(-n4c5ccccc5c5cc6c(cc54)c4ccccc4n6-c4ccc5ccccc5n4)ccc23)cc1. The molecule has 31 aromatic rings. The van der Waals surface area contributed by atoms with E-state index in [9.17, 15) is 0 Å². The quantitative estimate of drug-likeness (QED) is 0.137. The first kappa shape index (κ1) is 81.7. The summed E-state index contributed by atoms with van der Waals surface area (Å²) >= 11 is 0. The second-order valence-electron chi connectivity index (χ2n) is 37.5. The summed E-state index contributed by atoms with van der Waals surface area (Å²) in [6.45, 7) is 0. The van der Waals surface area contributed by atoms with Crippen LogP contribution in [0.15, 0.2) is 510 Å². The van der Waals surface area contributed by atoms with E-state index in [1.54, 1.807) is 0 Å². The van der Waals surface area contributed by atoms with Crippen LogP contribution < -0.4 is 0 Å². The molecule has 0 saturated heterocycles. The fourth-order valence-corrected chi connectivity index (χ4v) is 23.1. The van der Waals surface area contributed by atoms with Crippen molar-refractivity contribution in [1.82, 2.24) is 47.3 Å². The fourth-order valence-electron chi connectivity index (χ4n) is 23.1. The molecule has 0 unspecified atom stereocenters. The van der Waals surface area contributed by atoms with Gasteiger partial charge >= 0.3 is 0 Å². The molecule has 21 aromatic carbocycles. The van der Waals surface area contributed by atoms with Gasteiger partial charge < -0.3 is 13.7 Å². The van der Waals surface area contributed by atoms with Crippen LogP contribution in [0.2, 0.25) is 0 Å². The third-order valence-corrected chi connectivity index (χ3v) is 29.5. The van der Waals surface area contributed by atoms with Crippen molar-refractivity contribution in [2.45, 2.75) is 0 Å². The van der Waals surface area contributed by atoms with Gasteiger partial charge in [-0.2, -0.15) is 0 Å². The lowest BCUT2D eigenvalue weighted by Crippen LogP contribution is -2.00. The molecule has 0 saturated carbocycles. The highest BCUT2D eigenvalue weighted by Gasteiger charge is 2.27. The molecule has 10 heterocycles. The van der Waals surface area contributed by atoms with E-state index in [1.165, 1.54) is 169 Å². The van der Waals surface area contributed by atoms with Crippen molar-refractivity contribution < 1.29 is 0 Å². The molecule has 10 nitrogen and oxygen atoms in total. The third-order valence-electron chi connectivity index (χ3n) is 29.5. The van der Waals surface area contributed by atoms with Crippen LogP contribution >= 0.6 is 0 Å². The average molecular weight is 1830 g/mol. The molecular formula is C134H84N10. The zero-order chi connectivity index (χ0) is 94.6. The van der Waals surface area contributed by atoms with E-state index in [0.717, 1.165) is 106 Å². The molecule has 0 radical (unpaired) electrons. The number of pyridine rings is 4. The molecule has 31 rings (SSSR count). The molecule has 670 valence electrons. The molecule has 0 atom stereocenters. The van der Waals surface area contributed by atoms with Crippen LogP contribution in [0.5, 0.6) is 0 Å². The van der Waals surface area contributed by atoms with Gasteiger partial charge in [-0.05, 0) is 212 Å². The first-order chi connectivity index (χ1) is 71.4. The van der Waals surface area contributed by atoms with Crippen LogP contribution in [0.4, 0.5) is 0 Å². The minimum absolute atomic E-state index is 0.906. The third kappa shape index (κ3) is 13.1. The smallest absolute Gasteiger partial charge is 0.138 e. The Morgan fingerprint density at radius 3 is 1.06 bits per heavy atom. The van der Waals surface area contributed by atoms with Crippen molar-refractivity contribution in [3.8, 4) is 79.2 Å². The van der Waals surface area contributed by atoms with Gasteiger partial charge in [-0.25, -0.2) is 15.0 Å². The summed E-state index contributed by atoms with van der Waals surface area (Å²) in [5, 5.41) is 26.5. The summed E-state index contributed by atoms with van der Waals surface area (Å²) in [4.78, 5) is 20.4. The van der Waals surface area contributed by atoms with Crippen LogP contribution in [-0.4, -0.2) is 47.3 Å². The topological polar surface area (TPSA) is 81.1 Å². The molecule has 0 bridgehead atoms. The molecule has 0 spiro atoms. The van der Waals surface area contributed by atoms with Crippen molar-refractivity contribution in [3.63, 3.8) is 0 Å². The van der Waals surface area contributed by atoms with E-state index in [-0.39, 0.29) is 0 Å². The Kier molecular flexibility index (Phi) is 18.8. The second kappa shape index (κ2) is 33.2. The van der Waals surface area contributed by atoms with E-state index >= 15 is 0 Å². The molecule has 0 aliphatic rings. The number of para-hydroxylation sites is 7. The Labute approximate surface area is 826 Å². The standard InChI is InChI=1S/C49H31N3.C43H27N3.C42H26N4/c1-3-15-32(16-4-1)41-29-36(27-34-19-7-9-21-37(34)41)51-44-25-13-11-23-39(44)42-31-47-43(30-46(42)51)40-24-12-14-26-45(40)52(47)48-28-35-20-8-10-22-38(35)49(50-48)33-17-5-2-6-18-33;1-2-11-29(12-3-1)32-20-21-41(35-22-23-44-27-38(32)35)46-40-17-9-7-15-34(40)37-25-42-36(26-43(37)46)33-14-6-8-16-39(33)45(42)31-19-18-28-10-4-5-13-30(28)24-31;1-2-11-27(12-3-1)29-16-10-18-36-30(29)22-24-42(44-36)46-38-20-9-6-15-32(38)34-25-39-33(26-40(34)46)31-14-5-8-19-37(31)45(39)41-23-21-28-13-4-7-17-35(28)43-41/h1-31H;1-27H;1-26H. The van der Waals surface area contributed by atoms with E-state index in [0.29, 0.717) is 0 Å². The van der Waals surface area contributed by atoms with Crippen molar-refractivity contribution in [3.05, 3.63) is 510 Å². The van der Waals surface area contributed by atoms with E-state index in [1.807, 2.05) is 18.5 Å². The lowest BCUT2D eigenvalue weighted by molar-refractivity contribution is 1.09. The van der Waals surface area contributed by atoms with Crippen molar-refractivity contribution >= 4 is 196 Å². The highest BCUT2D eigenvalue weighted by molar-refractivity contribution is 6.24. The van der Waals surface area contributed by atoms with Crippen LogP contribution in [0.25, 0.3) is 275 Å². The van der Waals surface area contributed by atoms with Gasteiger partial charge in [0.1, 0.15) is 17.5 Å². The molecule has 10 heteroatoms. The predicted octanol–water partition coefficient (Wildman–Crippen LogP) is 34.8. The van der Waals surface area contributed by atoms with Gasteiger partial charge in [0, 0.05) is 121 Å². The van der Waals surface area contributed by atoms with Gasteiger partial charge in [0.05, 0.1) is 88.6 Å². The lowest BCUT2D eigenvalue weighted by Gasteiger charge is -2.14. The van der Waals surface area contributed by atoms with Gasteiger partial charge in [0.2, 0.25) is 0 Å². The monoisotopic (exact) mass is 1830 g/mol. The summed E-state index contributed by atoms with van der Waals surface area (Å²) in [6, 6.07) is 179. The number of hydrogen-bond acceptors (Lipinski definition) is 4. The summed E-state index contributed by atoms with van der Waals surface area (Å²) in [5.41, 5.74) is 28.7. The second-order valence-corrected chi connectivity index (χ2v) is 37.5. The molecule has 0 aliphatic heterocycles. The first-order valence-electron chi connectivity index (χ1n) is 49.1. The summed E-state index contributed by atoms with van der Waals surface area (Å²) in [7, 11) is 0. The Balaban J connectivity index is 0.000000103. The number of hydrogen-bond donors (Lipinski definition) is 0.